The summed E-state index contributed by atoms with van der Waals surface area (Å²) in [6.45, 7) is 3.53. The zero-order valence-electron chi connectivity index (χ0n) is 18.8. The van der Waals surface area contributed by atoms with E-state index in [2.05, 4.69) is 31.8 Å². The highest BCUT2D eigenvalue weighted by atomic mass is 79.9. The number of benzene rings is 3. The molecule has 0 saturated heterocycles. The normalized spacial score (nSPS) is 11.0. The van der Waals surface area contributed by atoms with Gasteiger partial charge in [-0.25, -0.2) is 9.82 Å². The van der Waals surface area contributed by atoms with Crippen LogP contribution in [0.1, 0.15) is 23.6 Å². The molecule has 0 saturated carbocycles. The van der Waals surface area contributed by atoms with Crippen molar-refractivity contribution in [3.63, 3.8) is 0 Å². The first-order valence-corrected chi connectivity index (χ1v) is 11.0. The molecule has 0 unspecified atom stereocenters. The van der Waals surface area contributed by atoms with Crippen molar-refractivity contribution in [2.75, 3.05) is 12.4 Å². The van der Waals surface area contributed by atoms with Gasteiger partial charge in [0.05, 0.1) is 12.8 Å². The second kappa shape index (κ2) is 11.4. The second-order valence-corrected chi connectivity index (χ2v) is 8.21. The van der Waals surface area contributed by atoms with Crippen LogP contribution in [0.2, 0.25) is 0 Å². The van der Waals surface area contributed by atoms with Crippen molar-refractivity contribution in [3.8, 4) is 11.5 Å². The molecule has 0 spiro atoms. The third-order valence-corrected chi connectivity index (χ3v) is 5.38. The van der Waals surface area contributed by atoms with Crippen molar-refractivity contribution in [1.82, 2.24) is 5.43 Å². The van der Waals surface area contributed by atoms with Gasteiger partial charge in [0.15, 0.2) is 11.5 Å². The lowest BCUT2D eigenvalue weighted by atomic mass is 10.1. The van der Waals surface area contributed by atoms with Gasteiger partial charge in [-0.05, 0) is 61.9 Å². The summed E-state index contributed by atoms with van der Waals surface area (Å²) < 4.78 is 25.8. The number of hydrogen-bond donors (Lipinski definition) is 2. The third kappa shape index (κ3) is 6.41. The molecule has 3 aromatic carbocycles. The van der Waals surface area contributed by atoms with Gasteiger partial charge in [-0.15, -0.1) is 0 Å². The Labute approximate surface area is 205 Å². The SMILES string of the molecule is COc1cc(/C(C)=N/NC(=O)C(=O)Nc2ccc(Br)cc2C)ccc1OCc1ccccc1F. The average Bonchev–Trinajstić information content (AvgIpc) is 2.83. The van der Waals surface area contributed by atoms with Crippen LogP contribution in [0.5, 0.6) is 11.5 Å². The van der Waals surface area contributed by atoms with Gasteiger partial charge in [0.2, 0.25) is 0 Å². The predicted octanol–water partition coefficient (Wildman–Crippen LogP) is 4.96. The molecule has 0 aliphatic carbocycles. The molecule has 0 aliphatic rings. The summed E-state index contributed by atoms with van der Waals surface area (Å²) in [5.74, 6) is -1.25. The Balaban J connectivity index is 1.64. The largest absolute Gasteiger partial charge is 0.493 e. The Bertz CT molecular complexity index is 1250. The molecule has 0 atom stereocenters. The van der Waals surface area contributed by atoms with Gasteiger partial charge in [0, 0.05) is 21.3 Å². The number of ether oxygens (including phenoxy) is 2. The van der Waals surface area contributed by atoms with Crippen molar-refractivity contribution in [2.24, 2.45) is 5.10 Å². The Morgan fingerprint density at radius 1 is 1.03 bits per heavy atom. The van der Waals surface area contributed by atoms with Crippen LogP contribution in [-0.2, 0) is 16.2 Å². The maximum atomic E-state index is 13.8. The molecule has 0 fully saturated rings. The number of hydrogen-bond acceptors (Lipinski definition) is 5. The van der Waals surface area contributed by atoms with E-state index in [0.29, 0.717) is 34.0 Å². The number of methoxy groups -OCH3 is 1. The average molecular weight is 528 g/mol. The van der Waals surface area contributed by atoms with E-state index in [1.807, 2.05) is 13.0 Å². The van der Waals surface area contributed by atoms with Crippen LogP contribution in [0.25, 0.3) is 0 Å². The van der Waals surface area contributed by atoms with Gasteiger partial charge in [0.1, 0.15) is 12.4 Å². The number of nitrogens with one attached hydrogen (secondary N) is 2. The standard InChI is InChI=1S/C25H23BrFN3O4/c1-15-12-19(26)9-10-21(15)28-24(31)25(32)30-29-16(2)17-8-11-22(23(13-17)33-3)34-14-18-6-4-5-7-20(18)27/h4-13H,14H2,1-3H3,(H,28,31)(H,30,32)/b29-16+. The van der Waals surface area contributed by atoms with Crippen LogP contribution in [0, 0.1) is 12.7 Å². The molecule has 3 rings (SSSR count). The fourth-order valence-corrected chi connectivity index (χ4v) is 3.45. The lowest BCUT2D eigenvalue weighted by molar-refractivity contribution is -0.136. The van der Waals surface area contributed by atoms with Crippen LogP contribution in [0.3, 0.4) is 0 Å². The Hall–Kier alpha value is -3.72. The van der Waals surface area contributed by atoms with Crippen LogP contribution >= 0.6 is 15.9 Å². The number of nitrogens with zero attached hydrogens (tertiary/aromatic N) is 1. The number of carbonyl (C=O) groups is 2. The van der Waals surface area contributed by atoms with Gasteiger partial charge < -0.3 is 14.8 Å². The van der Waals surface area contributed by atoms with E-state index in [0.717, 1.165) is 10.0 Å². The van der Waals surface area contributed by atoms with Gasteiger partial charge in [0.25, 0.3) is 0 Å². The van der Waals surface area contributed by atoms with E-state index in [4.69, 9.17) is 9.47 Å². The molecular formula is C25H23BrFN3O4. The smallest absolute Gasteiger partial charge is 0.329 e. The Morgan fingerprint density at radius 3 is 2.50 bits per heavy atom. The maximum Gasteiger partial charge on any atom is 0.329 e. The minimum absolute atomic E-state index is 0.0401. The fourth-order valence-electron chi connectivity index (χ4n) is 2.98. The predicted molar refractivity (Wildman–Crippen MR) is 132 cm³/mol. The first-order chi connectivity index (χ1) is 16.3. The molecule has 34 heavy (non-hydrogen) atoms. The molecule has 0 heterocycles. The monoisotopic (exact) mass is 527 g/mol. The van der Waals surface area contributed by atoms with E-state index < -0.39 is 11.8 Å². The second-order valence-electron chi connectivity index (χ2n) is 7.30. The van der Waals surface area contributed by atoms with Gasteiger partial charge in [-0.1, -0.05) is 34.1 Å². The Morgan fingerprint density at radius 2 is 1.79 bits per heavy atom. The van der Waals surface area contributed by atoms with Gasteiger partial charge in [-0.3, -0.25) is 9.59 Å². The molecule has 7 nitrogen and oxygen atoms in total. The van der Waals surface area contributed by atoms with Crippen LogP contribution < -0.4 is 20.2 Å². The highest BCUT2D eigenvalue weighted by molar-refractivity contribution is 9.10. The summed E-state index contributed by atoms with van der Waals surface area (Å²) in [6, 6.07) is 16.7. The Kier molecular flexibility index (Phi) is 8.37. The third-order valence-electron chi connectivity index (χ3n) is 4.89. The highest BCUT2D eigenvalue weighted by Crippen LogP contribution is 2.29. The first kappa shape index (κ1) is 24.9. The summed E-state index contributed by atoms with van der Waals surface area (Å²) in [6.07, 6.45) is 0. The van der Waals surface area contributed by atoms with E-state index in [-0.39, 0.29) is 12.4 Å². The molecule has 0 radical (unpaired) electrons. The molecule has 0 bridgehead atoms. The molecule has 2 amide bonds. The van der Waals surface area contributed by atoms with Crippen LogP contribution in [0.4, 0.5) is 10.1 Å². The zero-order chi connectivity index (χ0) is 24.7. The van der Waals surface area contributed by atoms with Crippen molar-refractivity contribution < 1.29 is 23.5 Å². The van der Waals surface area contributed by atoms with E-state index in [9.17, 15) is 14.0 Å². The fraction of sp³-hybridized carbons (Fsp3) is 0.160. The summed E-state index contributed by atoms with van der Waals surface area (Å²) in [7, 11) is 1.48. The number of halogens is 2. The molecular weight excluding hydrogens is 505 g/mol. The lowest BCUT2D eigenvalue weighted by Crippen LogP contribution is -2.33. The number of rotatable bonds is 7. The molecule has 0 aromatic heterocycles. The van der Waals surface area contributed by atoms with Gasteiger partial charge in [-0.2, -0.15) is 5.10 Å². The van der Waals surface area contributed by atoms with Crippen molar-refractivity contribution in [1.29, 1.82) is 0 Å². The number of carbonyl (C=O) groups excluding carboxylic acids is 2. The van der Waals surface area contributed by atoms with Crippen LogP contribution in [-0.4, -0.2) is 24.6 Å². The lowest BCUT2D eigenvalue weighted by Gasteiger charge is -2.13. The molecule has 3 aromatic rings. The number of amides is 2. The minimum atomic E-state index is -0.904. The summed E-state index contributed by atoms with van der Waals surface area (Å²) in [4.78, 5) is 24.4. The van der Waals surface area contributed by atoms with Crippen molar-refractivity contribution >= 4 is 39.1 Å². The van der Waals surface area contributed by atoms with E-state index >= 15 is 0 Å². The summed E-state index contributed by atoms with van der Waals surface area (Å²) in [5.41, 5.74) is 5.09. The van der Waals surface area contributed by atoms with Crippen molar-refractivity contribution in [2.45, 2.75) is 20.5 Å². The van der Waals surface area contributed by atoms with E-state index in [1.165, 1.54) is 13.2 Å². The minimum Gasteiger partial charge on any atom is -0.493 e. The number of hydrazone groups is 1. The quantitative estimate of drug-likeness (QED) is 0.258. The number of anilines is 1. The molecule has 0 aliphatic heterocycles. The highest BCUT2D eigenvalue weighted by Gasteiger charge is 2.15. The molecule has 2 N–H and O–H groups in total. The molecule has 9 heteroatoms. The first-order valence-electron chi connectivity index (χ1n) is 10.2. The van der Waals surface area contributed by atoms with Gasteiger partial charge >= 0.3 is 11.8 Å². The van der Waals surface area contributed by atoms with E-state index in [1.54, 1.807) is 55.5 Å². The maximum absolute atomic E-state index is 13.8. The molecule has 176 valence electrons. The van der Waals surface area contributed by atoms with Crippen LogP contribution in [0.15, 0.2) is 70.2 Å². The topological polar surface area (TPSA) is 89.0 Å². The number of aryl methyl sites for hydroxylation is 1. The zero-order valence-corrected chi connectivity index (χ0v) is 20.4. The summed E-state index contributed by atoms with van der Waals surface area (Å²) >= 11 is 3.35. The van der Waals surface area contributed by atoms with Crippen molar-refractivity contribution in [3.05, 3.63) is 87.6 Å². The summed E-state index contributed by atoms with van der Waals surface area (Å²) in [5, 5.41) is 6.56.